The van der Waals surface area contributed by atoms with E-state index in [9.17, 15) is 0 Å². The van der Waals surface area contributed by atoms with E-state index in [0.717, 1.165) is 0 Å². The molecular weight excluding hydrogens is 170 g/mol. The Bertz CT molecular complexity index is 313. The monoisotopic (exact) mass is 187 g/mol. The van der Waals surface area contributed by atoms with Gasteiger partial charge in [0.2, 0.25) is 0 Å². The fraction of sp³-hybridized carbons (Fsp3) is 0.385. The van der Waals surface area contributed by atoms with E-state index in [2.05, 4.69) is 43.1 Å². The van der Waals surface area contributed by atoms with Gasteiger partial charge < -0.3 is 5.32 Å². The van der Waals surface area contributed by atoms with Crippen LogP contribution in [0, 0.1) is 6.92 Å². The molecule has 1 fully saturated rings. The van der Waals surface area contributed by atoms with Gasteiger partial charge >= 0.3 is 0 Å². The minimum atomic E-state index is 0.501. The van der Waals surface area contributed by atoms with Gasteiger partial charge in [-0.3, -0.25) is 0 Å². The lowest BCUT2D eigenvalue weighted by Gasteiger charge is -2.12. The van der Waals surface area contributed by atoms with Gasteiger partial charge in [-0.2, -0.15) is 0 Å². The Labute approximate surface area is 85.8 Å². The van der Waals surface area contributed by atoms with E-state index in [-0.39, 0.29) is 0 Å². The van der Waals surface area contributed by atoms with E-state index in [0.29, 0.717) is 12.1 Å². The maximum Gasteiger partial charge on any atom is 0.0326 e. The van der Waals surface area contributed by atoms with Crippen molar-refractivity contribution in [3.8, 4) is 0 Å². The second-order valence-corrected chi connectivity index (χ2v) is 4.05. The van der Waals surface area contributed by atoms with E-state index in [1.165, 1.54) is 24.0 Å². The van der Waals surface area contributed by atoms with Gasteiger partial charge in [0, 0.05) is 12.1 Å². The van der Waals surface area contributed by atoms with Gasteiger partial charge in [0.05, 0.1) is 0 Å². The van der Waals surface area contributed by atoms with Crippen molar-refractivity contribution in [3.05, 3.63) is 48.0 Å². The maximum absolute atomic E-state index is 3.82. The minimum Gasteiger partial charge on any atom is -0.304 e. The highest BCUT2D eigenvalue weighted by Crippen LogP contribution is 2.26. The lowest BCUT2D eigenvalue weighted by atomic mass is 10.0. The quantitative estimate of drug-likeness (QED) is 0.702. The topological polar surface area (TPSA) is 12.0 Å². The molecule has 1 heteroatoms. The molecule has 0 bridgehead atoms. The highest BCUT2D eigenvalue weighted by Gasteiger charge is 2.22. The van der Waals surface area contributed by atoms with Gasteiger partial charge in [0.1, 0.15) is 0 Å². The first-order chi connectivity index (χ1) is 6.79. The van der Waals surface area contributed by atoms with Gasteiger partial charge in [-0.15, -0.1) is 6.58 Å². The summed E-state index contributed by atoms with van der Waals surface area (Å²) in [5, 5.41) is 3.56. The molecule has 0 saturated carbocycles. The van der Waals surface area contributed by atoms with Crippen LogP contribution in [-0.4, -0.2) is 6.04 Å². The second-order valence-electron chi connectivity index (χ2n) is 4.05. The van der Waals surface area contributed by atoms with Crippen LogP contribution in [0.25, 0.3) is 0 Å². The fourth-order valence-electron chi connectivity index (χ4n) is 2.02. The van der Waals surface area contributed by atoms with Gasteiger partial charge in [-0.25, -0.2) is 0 Å². The van der Waals surface area contributed by atoms with Crippen LogP contribution in [-0.2, 0) is 0 Å². The van der Waals surface area contributed by atoms with E-state index in [4.69, 9.17) is 0 Å². The van der Waals surface area contributed by atoms with Crippen molar-refractivity contribution in [2.45, 2.75) is 31.8 Å². The standard InChI is InChI=1S/C13H17N/c1-3-12-8-9-13(14-12)11-6-4-10(2)5-7-11/h3-7,12-14H,1,8-9H2,2H3/t12-,13-/m1/s1. The molecule has 1 aromatic carbocycles. The average Bonchev–Trinajstić information content (AvgIpc) is 2.67. The molecule has 1 aliphatic heterocycles. The zero-order valence-electron chi connectivity index (χ0n) is 8.66. The Morgan fingerprint density at radius 1 is 1.29 bits per heavy atom. The van der Waals surface area contributed by atoms with E-state index < -0.39 is 0 Å². The summed E-state index contributed by atoms with van der Waals surface area (Å²) in [6.07, 6.45) is 4.44. The predicted octanol–water partition coefficient (Wildman–Crippen LogP) is 2.97. The van der Waals surface area contributed by atoms with Gasteiger partial charge in [0.25, 0.3) is 0 Å². The summed E-state index contributed by atoms with van der Waals surface area (Å²) in [5.74, 6) is 0. The third-order valence-electron chi connectivity index (χ3n) is 2.95. The Morgan fingerprint density at radius 2 is 2.00 bits per heavy atom. The van der Waals surface area contributed by atoms with Crippen LogP contribution < -0.4 is 5.32 Å². The normalized spacial score (nSPS) is 26.4. The van der Waals surface area contributed by atoms with Crippen molar-refractivity contribution in [1.29, 1.82) is 0 Å². The van der Waals surface area contributed by atoms with E-state index >= 15 is 0 Å². The van der Waals surface area contributed by atoms with Crippen molar-refractivity contribution in [3.63, 3.8) is 0 Å². The largest absolute Gasteiger partial charge is 0.304 e. The van der Waals surface area contributed by atoms with Gasteiger partial charge in [-0.05, 0) is 25.3 Å². The molecule has 0 aliphatic carbocycles. The van der Waals surface area contributed by atoms with Crippen molar-refractivity contribution >= 4 is 0 Å². The van der Waals surface area contributed by atoms with Crippen LogP contribution >= 0.6 is 0 Å². The number of nitrogens with one attached hydrogen (secondary N) is 1. The van der Waals surface area contributed by atoms with E-state index in [1.54, 1.807) is 0 Å². The first kappa shape index (κ1) is 9.47. The first-order valence-electron chi connectivity index (χ1n) is 5.25. The SMILES string of the molecule is C=C[C@@H]1CC[C@H](c2ccc(C)cc2)N1. The predicted molar refractivity (Wildman–Crippen MR) is 60.3 cm³/mol. The average molecular weight is 187 g/mol. The van der Waals surface area contributed by atoms with Crippen molar-refractivity contribution in [2.75, 3.05) is 0 Å². The highest BCUT2D eigenvalue weighted by atomic mass is 15.0. The maximum atomic E-state index is 3.82. The minimum absolute atomic E-state index is 0.501. The molecule has 0 radical (unpaired) electrons. The molecule has 1 saturated heterocycles. The second kappa shape index (κ2) is 3.97. The smallest absolute Gasteiger partial charge is 0.0326 e. The number of aryl methyl sites for hydroxylation is 1. The Kier molecular flexibility index (Phi) is 2.69. The van der Waals surface area contributed by atoms with Crippen LogP contribution in [0.1, 0.15) is 30.0 Å². The Balaban J connectivity index is 2.09. The number of hydrogen-bond acceptors (Lipinski definition) is 1. The summed E-state index contributed by atoms with van der Waals surface area (Å²) in [6, 6.07) is 9.83. The third-order valence-corrected chi connectivity index (χ3v) is 2.95. The molecule has 1 N–H and O–H groups in total. The molecule has 1 aliphatic rings. The highest BCUT2D eigenvalue weighted by molar-refractivity contribution is 5.25. The molecular formula is C13H17N. The molecule has 0 amide bonds. The van der Waals surface area contributed by atoms with Gasteiger partial charge in [-0.1, -0.05) is 35.9 Å². The van der Waals surface area contributed by atoms with Crippen molar-refractivity contribution in [1.82, 2.24) is 5.32 Å². The summed E-state index contributed by atoms with van der Waals surface area (Å²) in [6.45, 7) is 5.95. The molecule has 0 aromatic heterocycles. The summed E-state index contributed by atoms with van der Waals surface area (Å²) in [4.78, 5) is 0. The Morgan fingerprint density at radius 3 is 2.57 bits per heavy atom. The fourth-order valence-corrected chi connectivity index (χ4v) is 2.02. The van der Waals surface area contributed by atoms with Crippen LogP contribution in [0.4, 0.5) is 0 Å². The molecule has 14 heavy (non-hydrogen) atoms. The lowest BCUT2D eigenvalue weighted by molar-refractivity contribution is 0.613. The third kappa shape index (κ3) is 1.88. The number of hydrogen-bond donors (Lipinski definition) is 1. The molecule has 2 atom stereocenters. The number of benzene rings is 1. The zero-order chi connectivity index (χ0) is 9.97. The van der Waals surface area contributed by atoms with E-state index in [1.807, 2.05) is 6.08 Å². The van der Waals surface area contributed by atoms with Crippen LogP contribution in [0.5, 0.6) is 0 Å². The molecule has 0 spiro atoms. The number of rotatable bonds is 2. The van der Waals surface area contributed by atoms with Gasteiger partial charge in [0.15, 0.2) is 0 Å². The molecule has 74 valence electrons. The summed E-state index contributed by atoms with van der Waals surface area (Å²) < 4.78 is 0. The van der Waals surface area contributed by atoms with Crippen LogP contribution in [0.15, 0.2) is 36.9 Å². The molecule has 1 aromatic rings. The zero-order valence-corrected chi connectivity index (χ0v) is 8.66. The van der Waals surface area contributed by atoms with Crippen molar-refractivity contribution in [2.24, 2.45) is 0 Å². The summed E-state index contributed by atoms with van der Waals surface area (Å²) >= 11 is 0. The Hall–Kier alpha value is -1.08. The van der Waals surface area contributed by atoms with Crippen LogP contribution in [0.2, 0.25) is 0 Å². The lowest BCUT2D eigenvalue weighted by Crippen LogP contribution is -2.21. The summed E-state index contributed by atoms with van der Waals surface area (Å²) in [5.41, 5.74) is 2.73. The molecule has 2 rings (SSSR count). The van der Waals surface area contributed by atoms with Crippen LogP contribution in [0.3, 0.4) is 0 Å². The molecule has 1 nitrogen and oxygen atoms in total. The first-order valence-corrected chi connectivity index (χ1v) is 5.25. The summed E-state index contributed by atoms with van der Waals surface area (Å²) in [7, 11) is 0. The van der Waals surface area contributed by atoms with Crippen molar-refractivity contribution < 1.29 is 0 Å². The molecule has 0 unspecified atom stereocenters. The molecule has 1 heterocycles.